The summed E-state index contributed by atoms with van der Waals surface area (Å²) in [4.78, 5) is 11.8. The van der Waals surface area contributed by atoms with Crippen LogP contribution in [0.25, 0.3) is 0 Å². The fourth-order valence-corrected chi connectivity index (χ4v) is 1.84. The van der Waals surface area contributed by atoms with Crippen LogP contribution < -0.4 is 11.1 Å². The van der Waals surface area contributed by atoms with E-state index in [4.69, 9.17) is 5.73 Å². The highest BCUT2D eigenvalue weighted by atomic mass is 16.1. The number of carbonyl (C=O) groups is 1. The van der Waals surface area contributed by atoms with Crippen molar-refractivity contribution in [3.05, 3.63) is 34.9 Å². The summed E-state index contributed by atoms with van der Waals surface area (Å²) in [6.07, 6.45) is 1.40. The molecule has 1 unspecified atom stereocenters. The summed E-state index contributed by atoms with van der Waals surface area (Å²) in [5.74, 6) is 0.529. The molecule has 0 aliphatic heterocycles. The Morgan fingerprint density at radius 3 is 2.67 bits per heavy atom. The largest absolute Gasteiger partial charge is 0.356 e. The van der Waals surface area contributed by atoms with Crippen LogP contribution in [0.1, 0.15) is 30.0 Å². The Hall–Kier alpha value is -1.35. The van der Waals surface area contributed by atoms with Crippen molar-refractivity contribution in [3.8, 4) is 0 Å². The Labute approximate surface area is 110 Å². The predicted octanol–water partition coefficient (Wildman–Crippen LogP) is 1.95. The topological polar surface area (TPSA) is 55.1 Å². The lowest BCUT2D eigenvalue weighted by molar-refractivity contribution is -0.120. The molecule has 0 saturated carbocycles. The Morgan fingerprint density at radius 1 is 1.33 bits per heavy atom. The molecule has 0 radical (unpaired) electrons. The Balaban J connectivity index is 2.42. The lowest BCUT2D eigenvalue weighted by Gasteiger charge is -2.11. The second-order valence-electron chi connectivity index (χ2n) is 5.08. The average molecular weight is 248 g/mol. The predicted molar refractivity (Wildman–Crippen MR) is 75.5 cm³/mol. The van der Waals surface area contributed by atoms with Gasteiger partial charge in [0.2, 0.25) is 5.91 Å². The Kier molecular flexibility index (Phi) is 5.86. The highest BCUT2D eigenvalue weighted by Crippen LogP contribution is 2.10. The maximum atomic E-state index is 11.8. The van der Waals surface area contributed by atoms with Crippen LogP contribution in [-0.2, 0) is 11.2 Å². The molecular formula is C15H24N2O. The molecule has 0 aliphatic carbocycles. The van der Waals surface area contributed by atoms with Crippen molar-refractivity contribution in [1.82, 2.24) is 5.32 Å². The van der Waals surface area contributed by atoms with Crippen LogP contribution in [0.2, 0.25) is 0 Å². The van der Waals surface area contributed by atoms with Crippen molar-refractivity contribution < 1.29 is 4.79 Å². The van der Waals surface area contributed by atoms with Crippen LogP contribution >= 0.6 is 0 Å². The Bertz CT molecular complexity index is 401. The molecule has 0 aromatic heterocycles. The van der Waals surface area contributed by atoms with Crippen molar-refractivity contribution in [2.45, 2.75) is 33.6 Å². The van der Waals surface area contributed by atoms with Gasteiger partial charge in [0.1, 0.15) is 0 Å². The van der Waals surface area contributed by atoms with E-state index < -0.39 is 0 Å². The third kappa shape index (κ3) is 4.88. The normalized spacial score (nSPS) is 12.2. The number of nitrogens with one attached hydrogen (secondary N) is 1. The maximum absolute atomic E-state index is 11.8. The first kappa shape index (κ1) is 14.7. The molecule has 1 amide bonds. The summed E-state index contributed by atoms with van der Waals surface area (Å²) in [5.41, 5.74) is 9.04. The third-order valence-electron chi connectivity index (χ3n) is 3.24. The molecule has 0 heterocycles. The number of aryl methyl sites for hydroxylation is 2. The van der Waals surface area contributed by atoms with E-state index in [0.29, 0.717) is 25.4 Å². The highest BCUT2D eigenvalue weighted by Gasteiger charge is 2.06. The third-order valence-corrected chi connectivity index (χ3v) is 3.24. The van der Waals surface area contributed by atoms with E-state index in [1.807, 2.05) is 6.07 Å². The van der Waals surface area contributed by atoms with Gasteiger partial charge in [-0.2, -0.15) is 0 Å². The van der Waals surface area contributed by atoms with Crippen LogP contribution in [0.3, 0.4) is 0 Å². The van der Waals surface area contributed by atoms with E-state index in [2.05, 4.69) is 38.2 Å². The minimum atomic E-state index is 0.0853. The molecule has 0 aliphatic rings. The molecule has 1 aromatic rings. The second kappa shape index (κ2) is 7.17. The van der Waals surface area contributed by atoms with Gasteiger partial charge < -0.3 is 11.1 Å². The van der Waals surface area contributed by atoms with Gasteiger partial charge in [0.25, 0.3) is 0 Å². The number of benzene rings is 1. The monoisotopic (exact) mass is 248 g/mol. The minimum absolute atomic E-state index is 0.0853. The number of hydrogen-bond acceptors (Lipinski definition) is 2. The van der Waals surface area contributed by atoms with Crippen LogP contribution in [0.4, 0.5) is 0 Å². The first-order valence-corrected chi connectivity index (χ1v) is 6.55. The SMILES string of the molecule is Cc1ccc(CC(=O)NCC(C)CCN)cc1C. The summed E-state index contributed by atoms with van der Waals surface area (Å²) in [7, 11) is 0. The molecule has 1 rings (SSSR count). The molecule has 1 aromatic carbocycles. The summed E-state index contributed by atoms with van der Waals surface area (Å²) in [5, 5.41) is 2.96. The van der Waals surface area contributed by atoms with E-state index in [-0.39, 0.29) is 5.91 Å². The molecule has 100 valence electrons. The Morgan fingerprint density at radius 2 is 2.06 bits per heavy atom. The van der Waals surface area contributed by atoms with Crippen molar-refractivity contribution >= 4 is 5.91 Å². The number of nitrogens with two attached hydrogens (primary N) is 1. The van der Waals surface area contributed by atoms with Crippen molar-refractivity contribution in [1.29, 1.82) is 0 Å². The van der Waals surface area contributed by atoms with E-state index in [9.17, 15) is 4.79 Å². The van der Waals surface area contributed by atoms with E-state index in [1.54, 1.807) is 0 Å². The zero-order chi connectivity index (χ0) is 13.5. The van der Waals surface area contributed by atoms with Crippen molar-refractivity contribution in [2.75, 3.05) is 13.1 Å². The van der Waals surface area contributed by atoms with Gasteiger partial charge in [0.05, 0.1) is 6.42 Å². The van der Waals surface area contributed by atoms with Crippen LogP contribution in [-0.4, -0.2) is 19.0 Å². The first-order valence-electron chi connectivity index (χ1n) is 6.55. The maximum Gasteiger partial charge on any atom is 0.224 e. The first-order chi connectivity index (χ1) is 8.52. The van der Waals surface area contributed by atoms with Gasteiger partial charge in [-0.25, -0.2) is 0 Å². The summed E-state index contributed by atoms with van der Waals surface area (Å²) < 4.78 is 0. The average Bonchev–Trinajstić information content (AvgIpc) is 2.32. The van der Waals surface area contributed by atoms with E-state index >= 15 is 0 Å². The van der Waals surface area contributed by atoms with Crippen molar-refractivity contribution in [2.24, 2.45) is 11.7 Å². The number of amides is 1. The van der Waals surface area contributed by atoms with Gasteiger partial charge in [0, 0.05) is 6.54 Å². The van der Waals surface area contributed by atoms with Crippen LogP contribution in [0.15, 0.2) is 18.2 Å². The molecular weight excluding hydrogens is 224 g/mol. The molecule has 0 spiro atoms. The van der Waals surface area contributed by atoms with E-state index in [0.717, 1.165) is 12.0 Å². The number of carbonyl (C=O) groups excluding carboxylic acids is 1. The summed E-state index contributed by atoms with van der Waals surface area (Å²) in [6, 6.07) is 6.17. The highest BCUT2D eigenvalue weighted by molar-refractivity contribution is 5.78. The number of hydrogen-bond donors (Lipinski definition) is 2. The molecule has 3 N–H and O–H groups in total. The minimum Gasteiger partial charge on any atom is -0.356 e. The molecule has 3 nitrogen and oxygen atoms in total. The summed E-state index contributed by atoms with van der Waals surface area (Å²) >= 11 is 0. The lowest BCUT2D eigenvalue weighted by atomic mass is 10.0. The van der Waals surface area contributed by atoms with Crippen LogP contribution in [0.5, 0.6) is 0 Å². The lowest BCUT2D eigenvalue weighted by Crippen LogP contribution is -2.30. The zero-order valence-electron chi connectivity index (χ0n) is 11.6. The van der Waals surface area contributed by atoms with Gasteiger partial charge in [-0.15, -0.1) is 0 Å². The molecule has 18 heavy (non-hydrogen) atoms. The standard InChI is InChI=1S/C15H24N2O/c1-11(6-7-16)10-17-15(18)9-14-5-4-12(2)13(3)8-14/h4-5,8,11H,6-7,9-10,16H2,1-3H3,(H,17,18). The summed E-state index contributed by atoms with van der Waals surface area (Å²) in [6.45, 7) is 7.63. The van der Waals surface area contributed by atoms with Crippen LogP contribution in [0, 0.1) is 19.8 Å². The number of rotatable bonds is 6. The molecule has 1 atom stereocenters. The quantitative estimate of drug-likeness (QED) is 0.808. The zero-order valence-corrected chi connectivity index (χ0v) is 11.6. The molecule has 0 fully saturated rings. The molecule has 0 bridgehead atoms. The van der Waals surface area contributed by atoms with Gasteiger partial charge in [-0.3, -0.25) is 4.79 Å². The van der Waals surface area contributed by atoms with Gasteiger partial charge >= 0.3 is 0 Å². The fraction of sp³-hybridized carbons (Fsp3) is 0.533. The van der Waals surface area contributed by atoms with Gasteiger partial charge in [-0.05, 0) is 49.4 Å². The van der Waals surface area contributed by atoms with E-state index in [1.165, 1.54) is 11.1 Å². The van der Waals surface area contributed by atoms with Gasteiger partial charge in [-0.1, -0.05) is 25.1 Å². The smallest absolute Gasteiger partial charge is 0.224 e. The fourth-order valence-electron chi connectivity index (χ4n) is 1.84. The second-order valence-corrected chi connectivity index (χ2v) is 5.08. The molecule has 0 saturated heterocycles. The van der Waals surface area contributed by atoms with Crippen molar-refractivity contribution in [3.63, 3.8) is 0 Å². The molecule has 3 heteroatoms. The van der Waals surface area contributed by atoms with Gasteiger partial charge in [0.15, 0.2) is 0 Å².